The molecule has 0 fully saturated rings. The number of anilines is 2. The first-order chi connectivity index (χ1) is 9.54. The van der Waals surface area contributed by atoms with Crippen LogP contribution < -0.4 is 9.80 Å². The average molecular weight is 269 g/mol. The summed E-state index contributed by atoms with van der Waals surface area (Å²) in [5.74, 6) is 2.19. The normalized spacial score (nSPS) is 12.2. The molecule has 1 aliphatic rings. The molecule has 3 heteroatoms. The molecule has 104 valence electrons. The first-order valence-electron chi connectivity index (χ1n) is 6.87. The number of ether oxygens (including phenoxy) is 1. The van der Waals surface area contributed by atoms with Crippen molar-refractivity contribution in [1.82, 2.24) is 0 Å². The van der Waals surface area contributed by atoms with Crippen LogP contribution in [0.25, 0.3) is 0 Å². The fraction of sp³-hybridized carbons (Fsp3) is 0.294. The van der Waals surface area contributed by atoms with E-state index in [1.54, 1.807) is 0 Å². The van der Waals surface area contributed by atoms with Crippen molar-refractivity contribution in [2.45, 2.75) is 6.42 Å². The molecule has 1 aliphatic heterocycles. The minimum atomic E-state index is 0.968. The van der Waals surface area contributed by atoms with Gasteiger partial charge in [0.05, 0.1) is 23.3 Å². The highest BCUT2D eigenvalue weighted by Gasteiger charge is 2.23. The molecule has 0 amide bonds. The molecule has 20 heavy (non-hydrogen) atoms. The van der Waals surface area contributed by atoms with E-state index in [-0.39, 0.29) is 0 Å². The summed E-state index contributed by atoms with van der Waals surface area (Å²) in [5.41, 5.74) is 5.00. The lowest BCUT2D eigenvalue weighted by molar-refractivity contribution is 0.187. The minimum absolute atomic E-state index is 0.968. The second-order valence-corrected chi connectivity index (χ2v) is 5.70. The van der Waals surface area contributed by atoms with Gasteiger partial charge in [0, 0.05) is 46.0 Å². The van der Waals surface area contributed by atoms with Crippen molar-refractivity contribution < 1.29 is 4.74 Å². The van der Waals surface area contributed by atoms with Crippen molar-refractivity contribution in [2.75, 3.05) is 38.0 Å². The zero-order chi connectivity index (χ0) is 14.3. The molecule has 0 bridgehead atoms. The average Bonchev–Trinajstić information content (AvgIpc) is 2.43. The van der Waals surface area contributed by atoms with E-state index in [0.29, 0.717) is 0 Å². The van der Waals surface area contributed by atoms with Gasteiger partial charge < -0.3 is 14.5 Å². The molecule has 2 aromatic carbocycles. The quantitative estimate of drug-likeness (QED) is 0.664. The van der Waals surface area contributed by atoms with Crippen molar-refractivity contribution in [3.05, 3.63) is 47.5 Å². The van der Waals surface area contributed by atoms with Crippen LogP contribution in [0.15, 0.2) is 36.4 Å². The van der Waals surface area contributed by atoms with E-state index in [1.807, 2.05) is 0 Å². The third-order valence-corrected chi connectivity index (χ3v) is 3.79. The van der Waals surface area contributed by atoms with Crippen LogP contribution in [0.3, 0.4) is 0 Å². The van der Waals surface area contributed by atoms with Crippen LogP contribution in [0.4, 0.5) is 11.4 Å². The number of benzene rings is 2. The molecule has 0 atom stereocenters. The Morgan fingerprint density at radius 1 is 0.750 bits per heavy atom. The fourth-order valence-corrected chi connectivity index (χ4v) is 2.50. The van der Waals surface area contributed by atoms with Crippen LogP contribution in [-0.4, -0.2) is 32.9 Å². The molecule has 0 aliphatic carbocycles. The van der Waals surface area contributed by atoms with E-state index in [2.05, 4.69) is 74.4 Å². The highest BCUT2D eigenvalue weighted by atomic mass is 16.5. The van der Waals surface area contributed by atoms with Gasteiger partial charge in [-0.15, -0.1) is 0 Å². The highest BCUT2D eigenvalue weighted by molar-refractivity contribution is 5.60. The molecule has 1 heterocycles. The lowest BCUT2D eigenvalue weighted by Gasteiger charge is -2.21. The fourth-order valence-electron chi connectivity index (χ4n) is 2.50. The van der Waals surface area contributed by atoms with Gasteiger partial charge in [-0.2, -0.15) is 0 Å². The largest absolute Gasteiger partial charge is 0.546 e. The van der Waals surface area contributed by atoms with Crippen LogP contribution in [0.1, 0.15) is 11.1 Å². The summed E-state index contributed by atoms with van der Waals surface area (Å²) >= 11 is 0. The lowest BCUT2D eigenvalue weighted by Crippen LogP contribution is -2.11. The second-order valence-electron chi connectivity index (χ2n) is 5.70. The molecule has 0 aromatic heterocycles. The van der Waals surface area contributed by atoms with E-state index in [1.165, 1.54) is 22.5 Å². The van der Waals surface area contributed by atoms with Gasteiger partial charge in [0.15, 0.2) is 0 Å². The molecule has 1 N–H and O–H groups in total. The Morgan fingerprint density at radius 2 is 1.20 bits per heavy atom. The van der Waals surface area contributed by atoms with E-state index in [0.717, 1.165) is 17.9 Å². The predicted octanol–water partition coefficient (Wildman–Crippen LogP) is 3.38. The number of fused-ring (bicyclic) bond motifs is 2. The maximum atomic E-state index is 4.84. The van der Waals surface area contributed by atoms with Crippen molar-refractivity contribution in [2.24, 2.45) is 0 Å². The van der Waals surface area contributed by atoms with Gasteiger partial charge in [0.2, 0.25) is 0 Å². The van der Waals surface area contributed by atoms with Crippen molar-refractivity contribution >= 4 is 11.4 Å². The first-order valence-corrected chi connectivity index (χ1v) is 6.87. The van der Waals surface area contributed by atoms with Gasteiger partial charge in [-0.25, -0.2) is 0 Å². The van der Waals surface area contributed by atoms with Crippen molar-refractivity contribution in [3.8, 4) is 11.5 Å². The SMILES string of the molecule is CN(C)c1ccc2c(c1)[OH+]c1cc(N(C)C)ccc1C2. The van der Waals surface area contributed by atoms with Gasteiger partial charge in [-0.05, 0) is 24.3 Å². The standard InChI is InChI=1S/C17H20N2O/c1-18(2)14-7-5-12-9-13-6-8-15(19(3)4)11-17(13)20-16(12)10-14/h5-8,10-11H,9H2,1-4H3/p+1. The third kappa shape index (κ3) is 2.20. The topological polar surface area (TPSA) is 19.3 Å². The maximum Gasteiger partial charge on any atom is 0.266 e. The molecular formula is C17H21N2O+. The Hall–Kier alpha value is -2.16. The van der Waals surface area contributed by atoms with Gasteiger partial charge in [-0.3, -0.25) is 0 Å². The number of nitrogens with zero attached hydrogens (tertiary/aromatic N) is 2. The van der Waals surface area contributed by atoms with Crippen LogP contribution in [0.5, 0.6) is 11.5 Å². The van der Waals surface area contributed by atoms with E-state index in [9.17, 15) is 0 Å². The van der Waals surface area contributed by atoms with E-state index < -0.39 is 0 Å². The zero-order valence-corrected chi connectivity index (χ0v) is 12.5. The number of rotatable bonds is 2. The minimum Gasteiger partial charge on any atom is -0.546 e. The first kappa shape index (κ1) is 12.9. The van der Waals surface area contributed by atoms with Crippen molar-refractivity contribution in [1.29, 1.82) is 0 Å². The number of aromatic hydroxyl groups is 2. The molecule has 0 saturated carbocycles. The molecule has 2 aromatic rings. The summed E-state index contributed by atoms with van der Waals surface area (Å²) in [6.45, 7) is 0. The maximum absolute atomic E-state index is 4.84. The Kier molecular flexibility index (Phi) is 3.05. The molecule has 0 spiro atoms. The van der Waals surface area contributed by atoms with Crippen molar-refractivity contribution in [3.63, 3.8) is 0 Å². The Bertz CT molecular complexity index is 592. The molecule has 3 nitrogen and oxygen atoms in total. The number of hydrogen-bond acceptors (Lipinski definition) is 2. The molecule has 3 rings (SSSR count). The Labute approximate surface area is 120 Å². The molecule has 0 saturated heterocycles. The summed E-state index contributed by atoms with van der Waals surface area (Å²) in [7, 11) is 8.23. The van der Waals surface area contributed by atoms with Gasteiger partial charge >= 0.3 is 0 Å². The highest BCUT2D eigenvalue weighted by Crippen LogP contribution is 2.40. The van der Waals surface area contributed by atoms with Gasteiger partial charge in [0.1, 0.15) is 0 Å². The summed E-state index contributed by atoms with van der Waals surface area (Å²) in [4.78, 5) is 4.23. The summed E-state index contributed by atoms with van der Waals surface area (Å²) in [6, 6.07) is 13.0. The summed E-state index contributed by atoms with van der Waals surface area (Å²) < 4.78 is 4.84. The smallest absolute Gasteiger partial charge is 0.266 e. The lowest BCUT2D eigenvalue weighted by atomic mass is 9.99. The van der Waals surface area contributed by atoms with Gasteiger partial charge in [-0.1, -0.05) is 0 Å². The van der Waals surface area contributed by atoms with Gasteiger partial charge in [0.25, 0.3) is 11.5 Å². The van der Waals surface area contributed by atoms with E-state index >= 15 is 0 Å². The zero-order valence-electron chi connectivity index (χ0n) is 12.5. The molecule has 0 radical (unpaired) electrons. The Morgan fingerprint density at radius 3 is 1.60 bits per heavy atom. The second kappa shape index (κ2) is 4.75. The summed E-state index contributed by atoms with van der Waals surface area (Å²) in [6.07, 6.45) is 0.968. The molecular weight excluding hydrogens is 248 g/mol. The van der Waals surface area contributed by atoms with Crippen LogP contribution in [0, 0.1) is 0 Å². The van der Waals surface area contributed by atoms with Crippen LogP contribution in [0.2, 0.25) is 0 Å². The van der Waals surface area contributed by atoms with Crippen LogP contribution >= 0.6 is 0 Å². The Balaban J connectivity index is 1.99. The third-order valence-electron chi connectivity index (χ3n) is 3.79. The predicted molar refractivity (Wildman–Crippen MR) is 85.5 cm³/mol. The monoisotopic (exact) mass is 269 g/mol. The molecule has 0 unspecified atom stereocenters. The van der Waals surface area contributed by atoms with E-state index in [4.69, 9.17) is 4.74 Å². The number of hydrogen-bond donors (Lipinski definition) is 0. The van der Waals surface area contributed by atoms with Crippen LogP contribution in [-0.2, 0) is 6.42 Å². The summed E-state index contributed by atoms with van der Waals surface area (Å²) in [5, 5.41) is 0.